The first kappa shape index (κ1) is 13.8. The molecule has 1 aliphatic heterocycles. The monoisotopic (exact) mass is 290 g/mol. The van der Waals surface area contributed by atoms with Gasteiger partial charge >= 0.3 is 0 Å². The third-order valence-electron chi connectivity index (χ3n) is 4.21. The van der Waals surface area contributed by atoms with Gasteiger partial charge in [0.2, 0.25) is 0 Å². The quantitative estimate of drug-likeness (QED) is 0.555. The average Bonchev–Trinajstić information content (AvgIpc) is 2.89. The van der Waals surface area contributed by atoms with Crippen molar-refractivity contribution in [3.8, 4) is 0 Å². The first-order valence-electron chi connectivity index (χ1n) is 7.15. The van der Waals surface area contributed by atoms with E-state index in [1.165, 1.54) is 12.1 Å². The number of benzene rings is 1. The molecule has 2 unspecified atom stereocenters. The van der Waals surface area contributed by atoms with Gasteiger partial charge in [-0.25, -0.2) is 0 Å². The minimum atomic E-state index is -0.416. The van der Waals surface area contributed by atoms with Gasteiger partial charge < -0.3 is 16.0 Å². The maximum Gasteiger partial charge on any atom is 0.292 e. The van der Waals surface area contributed by atoms with Gasteiger partial charge in [-0.05, 0) is 30.9 Å². The van der Waals surface area contributed by atoms with E-state index in [1.54, 1.807) is 6.07 Å². The highest BCUT2D eigenvalue weighted by atomic mass is 16.6. The summed E-state index contributed by atoms with van der Waals surface area (Å²) < 4.78 is 0. The Morgan fingerprint density at radius 1 is 1.43 bits per heavy atom. The van der Waals surface area contributed by atoms with Gasteiger partial charge in [-0.2, -0.15) is 0 Å². The minimum Gasteiger partial charge on any atom is -0.376 e. The van der Waals surface area contributed by atoms with Gasteiger partial charge in [0.25, 0.3) is 11.6 Å². The fraction of sp³-hybridized carbons (Fsp3) is 0.500. The number of nitrogens with one attached hydrogen (secondary N) is 3. The molecule has 0 radical (unpaired) electrons. The van der Waals surface area contributed by atoms with Crippen molar-refractivity contribution in [2.75, 3.05) is 25.0 Å². The molecule has 1 aromatic rings. The lowest BCUT2D eigenvalue weighted by molar-refractivity contribution is -0.384. The van der Waals surface area contributed by atoms with Gasteiger partial charge in [-0.3, -0.25) is 14.9 Å². The zero-order valence-electron chi connectivity index (χ0n) is 11.8. The molecule has 1 amide bonds. The third-order valence-corrected chi connectivity index (χ3v) is 4.21. The van der Waals surface area contributed by atoms with Crippen LogP contribution < -0.4 is 16.0 Å². The van der Waals surface area contributed by atoms with Gasteiger partial charge in [0.15, 0.2) is 0 Å². The van der Waals surface area contributed by atoms with Crippen LogP contribution in [0.25, 0.3) is 0 Å². The fourth-order valence-electron chi connectivity index (χ4n) is 3.03. The van der Waals surface area contributed by atoms with E-state index in [4.69, 9.17) is 0 Å². The molecule has 1 aliphatic carbocycles. The molecule has 21 heavy (non-hydrogen) atoms. The number of nitrogens with zero attached hydrogens (tertiary/aromatic N) is 1. The second kappa shape index (κ2) is 5.33. The molecule has 7 nitrogen and oxygen atoms in total. The van der Waals surface area contributed by atoms with Gasteiger partial charge in [-0.1, -0.05) is 0 Å². The second-order valence-corrected chi connectivity index (χ2v) is 5.50. The number of nitro benzene ring substituents is 1. The Hall–Kier alpha value is -2.15. The number of carbonyl (C=O) groups excluding carboxylic acids is 1. The Balaban J connectivity index is 1.83. The van der Waals surface area contributed by atoms with E-state index in [2.05, 4.69) is 16.0 Å². The number of nitro groups is 1. The molecule has 0 spiro atoms. The van der Waals surface area contributed by atoms with Crippen molar-refractivity contribution in [3.05, 3.63) is 33.9 Å². The highest BCUT2D eigenvalue weighted by Crippen LogP contribution is 2.44. The Bertz CT molecular complexity index is 580. The lowest BCUT2D eigenvalue weighted by atomic mass is 10.1. The average molecular weight is 290 g/mol. The molecule has 2 fully saturated rings. The lowest BCUT2D eigenvalue weighted by Crippen LogP contribution is -2.24. The maximum absolute atomic E-state index is 11.9. The normalized spacial score (nSPS) is 26.0. The molecule has 0 aromatic heterocycles. The van der Waals surface area contributed by atoms with Gasteiger partial charge in [0, 0.05) is 37.3 Å². The molecule has 3 N–H and O–H groups in total. The summed E-state index contributed by atoms with van der Waals surface area (Å²) in [6, 6.07) is 4.73. The molecule has 1 heterocycles. The number of rotatable bonds is 5. The van der Waals surface area contributed by atoms with Crippen LogP contribution in [0.1, 0.15) is 17.3 Å². The molecular formula is C14H18N4O3. The molecule has 0 bridgehead atoms. The topological polar surface area (TPSA) is 96.3 Å². The van der Waals surface area contributed by atoms with Crippen LogP contribution in [0.4, 0.5) is 11.4 Å². The number of hydrogen-bond acceptors (Lipinski definition) is 5. The lowest BCUT2D eigenvalue weighted by Gasteiger charge is -2.11. The van der Waals surface area contributed by atoms with Crippen LogP contribution >= 0.6 is 0 Å². The van der Waals surface area contributed by atoms with E-state index < -0.39 is 4.92 Å². The maximum atomic E-state index is 11.9. The van der Waals surface area contributed by atoms with Crippen molar-refractivity contribution < 1.29 is 9.72 Å². The number of fused-ring (bicyclic) bond motifs is 1. The SMILES string of the molecule is CCNC(=O)c1ccc([N+](=O)[O-])c(NC2C3CNCC32)c1. The minimum absolute atomic E-state index is 0.0148. The van der Waals surface area contributed by atoms with E-state index in [0.717, 1.165) is 13.1 Å². The van der Waals surface area contributed by atoms with Crippen LogP contribution in [0.2, 0.25) is 0 Å². The zero-order valence-corrected chi connectivity index (χ0v) is 11.8. The highest BCUT2D eigenvalue weighted by molar-refractivity contribution is 5.95. The molecule has 1 saturated carbocycles. The van der Waals surface area contributed by atoms with Crippen LogP contribution in [-0.2, 0) is 0 Å². The molecule has 3 rings (SSSR count). The first-order valence-corrected chi connectivity index (χ1v) is 7.15. The number of carbonyl (C=O) groups is 1. The van der Waals surface area contributed by atoms with Crippen molar-refractivity contribution in [1.82, 2.24) is 10.6 Å². The van der Waals surface area contributed by atoms with Crippen molar-refractivity contribution in [1.29, 1.82) is 0 Å². The smallest absolute Gasteiger partial charge is 0.292 e. The highest BCUT2D eigenvalue weighted by Gasteiger charge is 2.53. The summed E-state index contributed by atoms with van der Waals surface area (Å²) in [5.41, 5.74) is 0.887. The summed E-state index contributed by atoms with van der Waals surface area (Å²) in [7, 11) is 0. The van der Waals surface area contributed by atoms with Crippen LogP contribution in [0.5, 0.6) is 0 Å². The Morgan fingerprint density at radius 2 is 2.14 bits per heavy atom. The molecular weight excluding hydrogens is 272 g/mol. The second-order valence-electron chi connectivity index (χ2n) is 5.50. The van der Waals surface area contributed by atoms with Gasteiger partial charge in [-0.15, -0.1) is 0 Å². The largest absolute Gasteiger partial charge is 0.376 e. The van der Waals surface area contributed by atoms with Gasteiger partial charge in [0.1, 0.15) is 5.69 Å². The number of anilines is 1. The standard InChI is InChI=1S/C14H18N4O3/c1-2-16-14(19)8-3-4-12(18(20)21)11(5-8)17-13-9-6-15-7-10(9)13/h3-5,9-10,13,15,17H,2,6-7H2,1H3,(H,16,19). The van der Waals surface area contributed by atoms with Crippen LogP contribution in [0.15, 0.2) is 18.2 Å². The molecule has 1 aromatic carbocycles. The van der Waals surface area contributed by atoms with Crippen LogP contribution in [0.3, 0.4) is 0 Å². The Morgan fingerprint density at radius 3 is 2.76 bits per heavy atom. The predicted molar refractivity (Wildman–Crippen MR) is 78.4 cm³/mol. The van der Waals surface area contributed by atoms with E-state index in [0.29, 0.717) is 29.6 Å². The van der Waals surface area contributed by atoms with E-state index in [1.807, 2.05) is 6.92 Å². The zero-order chi connectivity index (χ0) is 15.0. The summed E-state index contributed by atoms with van der Waals surface area (Å²) in [5, 5.41) is 20.4. The van der Waals surface area contributed by atoms with E-state index >= 15 is 0 Å². The number of piperidine rings is 1. The Labute approximate surface area is 122 Å². The summed E-state index contributed by atoms with van der Waals surface area (Å²) >= 11 is 0. The third kappa shape index (κ3) is 2.56. The van der Waals surface area contributed by atoms with Gasteiger partial charge in [0.05, 0.1) is 4.92 Å². The number of amides is 1. The van der Waals surface area contributed by atoms with Crippen molar-refractivity contribution in [2.45, 2.75) is 13.0 Å². The Kier molecular flexibility index (Phi) is 3.50. The van der Waals surface area contributed by atoms with E-state index in [9.17, 15) is 14.9 Å². The first-order chi connectivity index (χ1) is 10.1. The molecule has 2 atom stereocenters. The van der Waals surface area contributed by atoms with Crippen LogP contribution in [-0.4, -0.2) is 36.5 Å². The molecule has 7 heteroatoms. The van der Waals surface area contributed by atoms with Crippen LogP contribution in [0, 0.1) is 22.0 Å². The van der Waals surface area contributed by atoms with Crippen molar-refractivity contribution >= 4 is 17.3 Å². The number of hydrogen-bond donors (Lipinski definition) is 3. The summed E-state index contributed by atoms with van der Waals surface area (Å²) in [4.78, 5) is 22.6. The molecule has 112 valence electrons. The van der Waals surface area contributed by atoms with Crippen molar-refractivity contribution in [2.24, 2.45) is 11.8 Å². The van der Waals surface area contributed by atoms with Crippen molar-refractivity contribution in [3.63, 3.8) is 0 Å². The summed E-state index contributed by atoms with van der Waals surface area (Å²) in [5.74, 6) is 0.864. The fourth-order valence-corrected chi connectivity index (χ4v) is 3.03. The summed E-state index contributed by atoms with van der Waals surface area (Å²) in [6.45, 7) is 4.26. The molecule has 1 saturated heterocycles. The van der Waals surface area contributed by atoms with E-state index in [-0.39, 0.29) is 17.6 Å². The predicted octanol–water partition coefficient (Wildman–Crippen LogP) is 0.974. The summed E-state index contributed by atoms with van der Waals surface area (Å²) in [6.07, 6.45) is 0. The molecule has 2 aliphatic rings.